The van der Waals surface area contributed by atoms with Crippen LogP contribution in [0.2, 0.25) is 0 Å². The second kappa shape index (κ2) is 11.7. The quantitative estimate of drug-likeness (QED) is 0.566. The fourth-order valence-electron chi connectivity index (χ4n) is 5.79. The number of urea groups is 1. The van der Waals surface area contributed by atoms with Crippen molar-refractivity contribution in [3.63, 3.8) is 0 Å². The van der Waals surface area contributed by atoms with E-state index in [2.05, 4.69) is 0 Å². The van der Waals surface area contributed by atoms with Gasteiger partial charge in [-0.1, -0.05) is 17.7 Å². The molecular formula is C28H39N5O5. The first kappa shape index (κ1) is 26.5. The van der Waals surface area contributed by atoms with Crippen LogP contribution < -0.4 is 0 Å². The molecule has 1 aromatic carbocycles. The normalized spacial score (nSPS) is 23.2. The van der Waals surface area contributed by atoms with Crippen molar-refractivity contribution in [3.8, 4) is 0 Å². The maximum atomic E-state index is 14.7. The van der Waals surface area contributed by atoms with Gasteiger partial charge in [-0.3, -0.25) is 14.5 Å². The van der Waals surface area contributed by atoms with Gasteiger partial charge in [0, 0.05) is 39.3 Å². The van der Waals surface area contributed by atoms with Crippen LogP contribution in [-0.4, -0.2) is 115 Å². The molecule has 0 aliphatic carbocycles. The van der Waals surface area contributed by atoms with Gasteiger partial charge in [0.1, 0.15) is 6.61 Å². The van der Waals surface area contributed by atoms with Gasteiger partial charge < -0.3 is 24.2 Å². The minimum absolute atomic E-state index is 0.000333. The first-order valence-electron chi connectivity index (χ1n) is 14.0. The molecule has 0 saturated carbocycles. The molecular weight excluding hydrogens is 486 g/mol. The van der Waals surface area contributed by atoms with Gasteiger partial charge >= 0.3 is 6.03 Å². The summed E-state index contributed by atoms with van der Waals surface area (Å²) in [6.45, 7) is 6.12. The maximum Gasteiger partial charge on any atom is 0.321 e. The molecule has 1 aromatic rings. The monoisotopic (exact) mass is 525 g/mol. The summed E-state index contributed by atoms with van der Waals surface area (Å²) in [6.07, 6.45) is 5.53. The Labute approximate surface area is 224 Å². The second-order valence-electron chi connectivity index (χ2n) is 10.6. The molecule has 4 amide bonds. The molecule has 0 spiro atoms. The van der Waals surface area contributed by atoms with Crippen molar-refractivity contribution in [3.05, 3.63) is 29.8 Å². The number of aryl methyl sites for hydroxylation is 1. The van der Waals surface area contributed by atoms with Gasteiger partial charge in [0.25, 0.3) is 17.4 Å². The molecule has 206 valence electrons. The van der Waals surface area contributed by atoms with E-state index >= 15 is 0 Å². The van der Waals surface area contributed by atoms with E-state index in [9.17, 15) is 14.4 Å². The van der Waals surface area contributed by atoms with Crippen LogP contribution in [0.4, 0.5) is 10.5 Å². The number of amides is 4. The number of carbonyl (C=O) groups is 3. The van der Waals surface area contributed by atoms with Crippen LogP contribution in [0, 0.1) is 6.92 Å². The van der Waals surface area contributed by atoms with Crippen LogP contribution in [0.3, 0.4) is 0 Å². The Bertz CT molecular complexity index is 1010. The number of hydrogen-bond acceptors (Lipinski definition) is 6. The molecule has 0 atom stereocenters. The Morgan fingerprint density at radius 3 is 1.82 bits per heavy atom. The summed E-state index contributed by atoms with van der Waals surface area (Å²) < 4.78 is 11.6. The Morgan fingerprint density at radius 2 is 1.26 bits per heavy atom. The third-order valence-electron chi connectivity index (χ3n) is 7.95. The first-order valence-corrected chi connectivity index (χ1v) is 14.0. The lowest BCUT2D eigenvalue weighted by Crippen LogP contribution is -2.77. The number of rotatable bonds is 3. The summed E-state index contributed by atoms with van der Waals surface area (Å²) in [5.41, 5.74) is -0.330. The third kappa shape index (κ3) is 5.10. The number of likely N-dealkylation sites (tertiary alicyclic amines) is 2. The molecule has 4 aliphatic rings. The second-order valence-corrected chi connectivity index (χ2v) is 10.6. The smallest absolute Gasteiger partial charge is 0.321 e. The lowest BCUT2D eigenvalue weighted by molar-refractivity contribution is -0.156. The SMILES string of the molecule is Cc1ccc(N=C2OCCN(C(=O)N3CCOCC3)C2(C(=O)N2CCCCC2)C(=O)N2CCCCC2)cc1. The van der Waals surface area contributed by atoms with Gasteiger partial charge in [-0.05, 0) is 57.6 Å². The summed E-state index contributed by atoms with van der Waals surface area (Å²) in [6, 6.07) is 7.20. The van der Waals surface area contributed by atoms with E-state index in [1.54, 1.807) is 14.7 Å². The zero-order chi connectivity index (χ0) is 26.5. The standard InChI is InChI=1S/C28H39N5O5/c1-22-8-10-23(11-9-22)29-24-28(25(34)30-12-4-2-5-13-30,26(35)31-14-6-3-7-15-31)33(18-21-38-24)27(36)32-16-19-37-20-17-32/h8-11H,2-7,12-21H2,1H3. The molecule has 0 N–H and O–H groups in total. The summed E-state index contributed by atoms with van der Waals surface area (Å²) in [7, 11) is 0. The first-order chi connectivity index (χ1) is 18.5. The summed E-state index contributed by atoms with van der Waals surface area (Å²) in [5, 5.41) is 0. The van der Waals surface area contributed by atoms with Gasteiger partial charge in [-0.15, -0.1) is 0 Å². The third-order valence-corrected chi connectivity index (χ3v) is 7.95. The molecule has 0 unspecified atom stereocenters. The topological polar surface area (TPSA) is 95.0 Å². The van der Waals surface area contributed by atoms with E-state index in [0.717, 1.165) is 44.1 Å². The number of piperidine rings is 2. The van der Waals surface area contributed by atoms with Crippen molar-refractivity contribution in [2.24, 2.45) is 4.99 Å². The minimum atomic E-state index is -1.98. The number of nitrogens with zero attached hydrogens (tertiary/aromatic N) is 5. The van der Waals surface area contributed by atoms with Crippen LogP contribution in [0.25, 0.3) is 0 Å². The van der Waals surface area contributed by atoms with Gasteiger partial charge in [0.05, 0.1) is 25.4 Å². The minimum Gasteiger partial charge on any atom is -0.476 e. The zero-order valence-corrected chi connectivity index (χ0v) is 22.4. The number of benzene rings is 1. The van der Waals surface area contributed by atoms with Gasteiger partial charge in [0.15, 0.2) is 0 Å². The number of carbonyl (C=O) groups excluding carboxylic acids is 3. The van der Waals surface area contributed by atoms with Gasteiger partial charge in [-0.2, -0.15) is 0 Å². The average Bonchev–Trinajstić information content (AvgIpc) is 2.98. The van der Waals surface area contributed by atoms with E-state index in [1.165, 1.54) is 4.90 Å². The van der Waals surface area contributed by atoms with Crippen molar-refractivity contribution < 1.29 is 23.9 Å². The number of morpholine rings is 2. The molecule has 4 saturated heterocycles. The predicted octanol–water partition coefficient (Wildman–Crippen LogP) is 2.57. The predicted molar refractivity (Wildman–Crippen MR) is 142 cm³/mol. The number of hydrogen-bond donors (Lipinski definition) is 0. The summed E-state index contributed by atoms with van der Waals surface area (Å²) in [4.78, 5) is 54.9. The van der Waals surface area contributed by atoms with Crippen molar-refractivity contribution in [1.82, 2.24) is 19.6 Å². The Hall–Kier alpha value is -3.14. The highest BCUT2D eigenvalue weighted by atomic mass is 16.5. The molecule has 10 heteroatoms. The Kier molecular flexibility index (Phi) is 8.16. The molecule has 5 rings (SSSR count). The summed E-state index contributed by atoms with van der Waals surface area (Å²) >= 11 is 0. The van der Waals surface area contributed by atoms with Crippen LogP contribution in [-0.2, 0) is 19.1 Å². The highest BCUT2D eigenvalue weighted by Gasteiger charge is 2.64. The van der Waals surface area contributed by atoms with E-state index in [1.807, 2.05) is 31.2 Å². The van der Waals surface area contributed by atoms with E-state index in [4.69, 9.17) is 14.5 Å². The zero-order valence-electron chi connectivity index (χ0n) is 22.4. The molecule has 4 heterocycles. The molecule has 0 bridgehead atoms. The Morgan fingerprint density at radius 1 is 0.711 bits per heavy atom. The van der Waals surface area contributed by atoms with E-state index in [-0.39, 0.29) is 25.1 Å². The fourth-order valence-corrected chi connectivity index (χ4v) is 5.79. The fraction of sp³-hybridized carbons (Fsp3) is 0.643. The highest BCUT2D eigenvalue weighted by molar-refractivity contribution is 6.29. The summed E-state index contributed by atoms with van der Waals surface area (Å²) in [5.74, 6) is -0.805. The van der Waals surface area contributed by atoms with Crippen LogP contribution in [0.5, 0.6) is 0 Å². The van der Waals surface area contributed by atoms with Crippen LogP contribution in [0.15, 0.2) is 29.3 Å². The molecule has 0 aromatic heterocycles. The lowest BCUT2D eigenvalue weighted by Gasteiger charge is -2.49. The van der Waals surface area contributed by atoms with Gasteiger partial charge in [0.2, 0.25) is 5.90 Å². The maximum absolute atomic E-state index is 14.7. The van der Waals surface area contributed by atoms with E-state index < -0.39 is 17.4 Å². The van der Waals surface area contributed by atoms with Crippen molar-refractivity contribution in [2.45, 2.75) is 51.0 Å². The van der Waals surface area contributed by atoms with Crippen molar-refractivity contribution >= 4 is 29.4 Å². The molecule has 10 nitrogen and oxygen atoms in total. The van der Waals surface area contributed by atoms with Crippen LogP contribution in [0.1, 0.15) is 44.1 Å². The van der Waals surface area contributed by atoms with Crippen molar-refractivity contribution in [2.75, 3.05) is 65.6 Å². The number of ether oxygens (including phenoxy) is 2. The average molecular weight is 526 g/mol. The molecule has 4 fully saturated rings. The lowest BCUT2D eigenvalue weighted by atomic mass is 9.89. The molecule has 0 radical (unpaired) electrons. The molecule has 4 aliphatic heterocycles. The van der Waals surface area contributed by atoms with Crippen LogP contribution >= 0.6 is 0 Å². The highest BCUT2D eigenvalue weighted by Crippen LogP contribution is 2.33. The van der Waals surface area contributed by atoms with Gasteiger partial charge in [-0.25, -0.2) is 9.79 Å². The van der Waals surface area contributed by atoms with Crippen molar-refractivity contribution in [1.29, 1.82) is 0 Å². The largest absolute Gasteiger partial charge is 0.476 e. The Balaban J connectivity index is 1.66. The van der Waals surface area contributed by atoms with E-state index in [0.29, 0.717) is 58.2 Å². The molecule has 38 heavy (non-hydrogen) atoms. The number of aliphatic imine (C=N–C) groups is 1.